The van der Waals surface area contributed by atoms with Crippen molar-refractivity contribution in [3.05, 3.63) is 82.4 Å². The highest BCUT2D eigenvalue weighted by molar-refractivity contribution is 5.80. The number of hydrogen-bond acceptors (Lipinski definition) is 4. The molecule has 0 amide bonds. The van der Waals surface area contributed by atoms with Crippen LogP contribution in [0.1, 0.15) is 80.2 Å². The fraction of sp³-hybridized carbons (Fsp3) is 0.389. The molecule has 4 aromatic rings. The van der Waals surface area contributed by atoms with Crippen LogP contribution in [0.3, 0.4) is 0 Å². The number of phenolic OH excluding ortho intramolecular Hbond substituents is 1. The van der Waals surface area contributed by atoms with Gasteiger partial charge in [0, 0.05) is 22.8 Å². The van der Waals surface area contributed by atoms with Crippen molar-refractivity contribution < 1.29 is 9.84 Å². The fourth-order valence-electron chi connectivity index (χ4n) is 5.41. The van der Waals surface area contributed by atoms with Gasteiger partial charge in [-0.1, -0.05) is 93.5 Å². The Labute approximate surface area is 240 Å². The molecule has 0 spiro atoms. The quantitative estimate of drug-likeness (QED) is 0.183. The smallest absolute Gasteiger partial charge is 0.164 e. The summed E-state index contributed by atoms with van der Waals surface area (Å²) in [6.45, 7) is 13.5. The van der Waals surface area contributed by atoms with Crippen LogP contribution in [0.5, 0.6) is 11.5 Å². The Morgan fingerprint density at radius 3 is 1.73 bits per heavy atom. The molecule has 1 aromatic heterocycles. The highest BCUT2D eigenvalue weighted by Gasteiger charge is 2.21. The number of nitrogens with zero attached hydrogens (tertiary/aromatic N) is 2. The average molecular weight is 537 g/mol. The Hall–Kier alpha value is -3.66. The Bertz CT molecular complexity index is 1390. The molecule has 0 aliphatic carbocycles. The van der Waals surface area contributed by atoms with Gasteiger partial charge < -0.3 is 9.84 Å². The summed E-state index contributed by atoms with van der Waals surface area (Å²) in [5.41, 5.74) is 10.5. The average Bonchev–Trinajstić information content (AvgIpc) is 2.92. The van der Waals surface area contributed by atoms with Gasteiger partial charge in [0.25, 0.3) is 0 Å². The Balaban J connectivity index is 1.74. The number of ether oxygens (including phenoxy) is 1. The summed E-state index contributed by atoms with van der Waals surface area (Å²) in [5.74, 6) is 1.31. The van der Waals surface area contributed by atoms with Gasteiger partial charge in [-0.15, -0.1) is 0 Å². The highest BCUT2D eigenvalue weighted by atomic mass is 16.5. The van der Waals surface area contributed by atoms with Gasteiger partial charge in [0.2, 0.25) is 0 Å². The molecule has 210 valence electrons. The molecule has 4 rings (SSSR count). The Kier molecular flexibility index (Phi) is 9.98. The molecule has 0 aliphatic rings. The van der Waals surface area contributed by atoms with Crippen LogP contribution in [0.4, 0.5) is 0 Å². The summed E-state index contributed by atoms with van der Waals surface area (Å²) in [4.78, 5) is 10.2. The third kappa shape index (κ3) is 6.91. The predicted molar refractivity (Wildman–Crippen MR) is 167 cm³/mol. The maximum atomic E-state index is 11.1. The van der Waals surface area contributed by atoms with Crippen molar-refractivity contribution >= 4 is 0 Å². The summed E-state index contributed by atoms with van der Waals surface area (Å²) in [5, 5.41) is 11.1. The molecule has 0 atom stereocenters. The lowest BCUT2D eigenvalue weighted by Gasteiger charge is -2.18. The first kappa shape index (κ1) is 29.3. The zero-order chi connectivity index (χ0) is 28.6. The minimum atomic E-state index is 0.128. The molecule has 0 aliphatic heterocycles. The van der Waals surface area contributed by atoms with Gasteiger partial charge in [-0.25, -0.2) is 9.97 Å². The molecule has 1 N–H and O–H groups in total. The van der Waals surface area contributed by atoms with Crippen LogP contribution in [0.25, 0.3) is 33.9 Å². The summed E-state index contributed by atoms with van der Waals surface area (Å²) in [7, 11) is 0. The maximum Gasteiger partial charge on any atom is 0.164 e. The second-order valence-corrected chi connectivity index (χ2v) is 11.0. The van der Waals surface area contributed by atoms with Gasteiger partial charge in [-0.3, -0.25) is 0 Å². The Morgan fingerprint density at radius 2 is 1.20 bits per heavy atom. The van der Waals surface area contributed by atoms with Crippen molar-refractivity contribution in [2.45, 2.75) is 86.5 Å². The number of benzene rings is 3. The molecule has 0 bridgehead atoms. The largest absolute Gasteiger partial charge is 0.507 e. The predicted octanol–water partition coefficient (Wildman–Crippen LogP) is 9.72. The SMILES string of the molecule is CCCCCCCCOc1ccc(-c2nc(-c3ccc(C)cc3C)c(CC)c(-c3ccc(C)cc3C)n2)c(O)c1. The summed E-state index contributed by atoms with van der Waals surface area (Å²) < 4.78 is 5.96. The number of aromatic hydroxyl groups is 1. The topological polar surface area (TPSA) is 55.2 Å². The molecule has 1 heterocycles. The van der Waals surface area contributed by atoms with Gasteiger partial charge in [0.15, 0.2) is 5.82 Å². The fourth-order valence-corrected chi connectivity index (χ4v) is 5.41. The van der Waals surface area contributed by atoms with Crippen LogP contribution in [-0.2, 0) is 6.42 Å². The third-order valence-electron chi connectivity index (χ3n) is 7.61. The van der Waals surface area contributed by atoms with Crippen molar-refractivity contribution in [3.63, 3.8) is 0 Å². The van der Waals surface area contributed by atoms with E-state index in [0.29, 0.717) is 23.7 Å². The molecule has 3 aromatic carbocycles. The number of unbranched alkanes of at least 4 members (excludes halogenated alkanes) is 5. The van der Waals surface area contributed by atoms with Crippen LogP contribution in [0.2, 0.25) is 0 Å². The molecule has 0 saturated heterocycles. The van der Waals surface area contributed by atoms with E-state index in [1.807, 2.05) is 12.1 Å². The molecule has 0 saturated carbocycles. The second-order valence-electron chi connectivity index (χ2n) is 11.0. The standard InChI is InChI=1S/C36H44N2O2/c1-7-9-10-11-12-13-20-40-28-16-19-32(33(39)23-28)36-37-34(30-17-14-24(3)21-26(30)5)29(8-2)35(38-36)31-18-15-25(4)22-27(31)6/h14-19,21-23,39H,7-13,20H2,1-6H3. The van der Waals surface area contributed by atoms with Gasteiger partial charge in [0.1, 0.15) is 11.5 Å². The molecular weight excluding hydrogens is 492 g/mol. The zero-order valence-corrected chi connectivity index (χ0v) is 25.1. The van der Waals surface area contributed by atoms with E-state index < -0.39 is 0 Å². The van der Waals surface area contributed by atoms with Crippen LogP contribution in [0, 0.1) is 27.7 Å². The first-order valence-electron chi connectivity index (χ1n) is 14.8. The first-order chi connectivity index (χ1) is 19.3. The lowest BCUT2D eigenvalue weighted by atomic mass is 9.93. The third-order valence-corrected chi connectivity index (χ3v) is 7.61. The van der Waals surface area contributed by atoms with E-state index in [2.05, 4.69) is 77.9 Å². The van der Waals surface area contributed by atoms with E-state index >= 15 is 0 Å². The van der Waals surface area contributed by atoms with E-state index in [1.54, 1.807) is 6.07 Å². The number of hydrogen-bond donors (Lipinski definition) is 1. The van der Waals surface area contributed by atoms with Gasteiger partial charge in [-0.05, 0) is 63.8 Å². The summed E-state index contributed by atoms with van der Waals surface area (Å²) in [6, 6.07) is 18.4. The van der Waals surface area contributed by atoms with Crippen molar-refractivity contribution in [3.8, 4) is 45.4 Å². The lowest BCUT2D eigenvalue weighted by molar-refractivity contribution is 0.303. The van der Waals surface area contributed by atoms with Crippen molar-refractivity contribution in [1.82, 2.24) is 9.97 Å². The molecule has 0 fully saturated rings. The van der Waals surface area contributed by atoms with Crippen LogP contribution < -0.4 is 4.74 Å². The van der Waals surface area contributed by atoms with Crippen molar-refractivity contribution in [2.75, 3.05) is 6.61 Å². The van der Waals surface area contributed by atoms with E-state index in [4.69, 9.17) is 14.7 Å². The zero-order valence-electron chi connectivity index (χ0n) is 25.1. The normalized spacial score (nSPS) is 11.2. The second kappa shape index (κ2) is 13.6. The van der Waals surface area contributed by atoms with Crippen LogP contribution in [-0.4, -0.2) is 21.7 Å². The van der Waals surface area contributed by atoms with E-state index in [-0.39, 0.29) is 5.75 Å². The molecular formula is C36H44N2O2. The number of rotatable bonds is 12. The summed E-state index contributed by atoms with van der Waals surface area (Å²) >= 11 is 0. The minimum absolute atomic E-state index is 0.128. The lowest BCUT2D eigenvalue weighted by Crippen LogP contribution is -2.05. The summed E-state index contributed by atoms with van der Waals surface area (Å²) in [6.07, 6.45) is 8.08. The molecule has 40 heavy (non-hydrogen) atoms. The van der Waals surface area contributed by atoms with Crippen LogP contribution in [0.15, 0.2) is 54.6 Å². The maximum absolute atomic E-state index is 11.1. The first-order valence-corrected chi connectivity index (χ1v) is 14.8. The molecule has 4 heteroatoms. The number of aryl methyl sites for hydroxylation is 4. The molecule has 0 radical (unpaired) electrons. The minimum Gasteiger partial charge on any atom is -0.507 e. The van der Waals surface area contributed by atoms with Gasteiger partial charge >= 0.3 is 0 Å². The van der Waals surface area contributed by atoms with E-state index in [1.165, 1.54) is 54.4 Å². The monoisotopic (exact) mass is 536 g/mol. The van der Waals surface area contributed by atoms with Gasteiger partial charge in [-0.2, -0.15) is 0 Å². The Morgan fingerprint density at radius 1 is 0.650 bits per heavy atom. The van der Waals surface area contributed by atoms with E-state index in [0.717, 1.165) is 40.9 Å². The van der Waals surface area contributed by atoms with Crippen LogP contribution >= 0.6 is 0 Å². The van der Waals surface area contributed by atoms with Crippen molar-refractivity contribution in [2.24, 2.45) is 0 Å². The number of phenols is 1. The number of aromatic nitrogens is 2. The van der Waals surface area contributed by atoms with Crippen molar-refractivity contribution in [1.29, 1.82) is 0 Å². The van der Waals surface area contributed by atoms with Gasteiger partial charge in [0.05, 0.1) is 23.6 Å². The van der Waals surface area contributed by atoms with E-state index in [9.17, 15) is 5.11 Å². The highest BCUT2D eigenvalue weighted by Crippen LogP contribution is 2.38. The molecule has 0 unspecified atom stereocenters. The molecule has 4 nitrogen and oxygen atoms in total.